The second-order valence-corrected chi connectivity index (χ2v) is 1.96. The van der Waals surface area contributed by atoms with Crippen molar-refractivity contribution in [2.24, 2.45) is 0 Å². The lowest BCUT2D eigenvalue weighted by atomic mass is 10.4. The monoisotopic (exact) mass is 140 g/mol. The Bertz CT molecular complexity index is 64.3. The van der Waals surface area contributed by atoms with Gasteiger partial charge in [-0.15, -0.1) is 0 Å². The van der Waals surface area contributed by atoms with Crippen molar-refractivity contribution in [3.8, 4) is 0 Å². The van der Waals surface area contributed by atoms with Gasteiger partial charge in [0.05, 0.1) is 12.4 Å². The molecule has 0 aromatic carbocycles. The molecule has 0 aliphatic carbocycles. The highest BCUT2D eigenvalue weighted by Crippen LogP contribution is 2.04. The maximum Gasteiger partial charge on any atom is 0.198 e. The third-order valence-corrected chi connectivity index (χ3v) is 1.14. The maximum atomic E-state index is 8.45. The topological polar surface area (TPSA) is 80.9 Å². The molecule has 0 spiro atoms. The predicted molar refractivity (Wildman–Crippen MR) is 29.3 cm³/mol. The molecule has 5 heteroatoms. The van der Waals surface area contributed by atoms with Gasteiger partial charge in [-0.3, -0.25) is 0 Å². The highest BCUT2D eigenvalue weighted by molar-refractivity contribution is 7.93. The molecule has 8 heavy (non-hydrogen) atoms. The first-order valence-electron chi connectivity index (χ1n) is 1.94. The van der Waals surface area contributed by atoms with Crippen molar-refractivity contribution in [3.05, 3.63) is 0 Å². The minimum atomic E-state index is -2.14. The van der Waals surface area contributed by atoms with E-state index in [4.69, 9.17) is 19.9 Å². The molecule has 0 radical (unpaired) electrons. The van der Waals surface area contributed by atoms with Gasteiger partial charge in [0, 0.05) is 0 Å². The molecule has 0 fully saturated rings. The average Bonchev–Trinajstić information content (AvgIpc) is 1.67. The molecule has 4 N–H and O–H groups in total. The molecular weight excluding hydrogens is 132 g/mol. The molecule has 0 heterocycles. The van der Waals surface area contributed by atoms with Crippen LogP contribution in [0.1, 0.15) is 0 Å². The lowest BCUT2D eigenvalue weighted by Crippen LogP contribution is -2.35. The summed E-state index contributed by atoms with van der Waals surface area (Å²) in [6.45, 7) is -0.763. The molecule has 0 unspecified atom stereocenters. The zero-order valence-electron chi connectivity index (χ0n) is 4.11. The van der Waals surface area contributed by atoms with Gasteiger partial charge in [-0.05, 0) is 12.0 Å². The van der Waals surface area contributed by atoms with Gasteiger partial charge in [0.1, 0.15) is 0 Å². The van der Waals surface area contributed by atoms with Crippen LogP contribution in [0.3, 0.4) is 0 Å². The number of aliphatic hydroxyl groups is 3. The van der Waals surface area contributed by atoms with Gasteiger partial charge in [0.2, 0.25) is 0 Å². The smallest absolute Gasteiger partial charge is 0.198 e. The Balaban J connectivity index is 3.37. The summed E-state index contributed by atoms with van der Waals surface area (Å²) in [6, 6.07) is 0. The van der Waals surface area contributed by atoms with Crippen molar-refractivity contribution in [2.45, 2.75) is 5.79 Å². The zero-order chi connectivity index (χ0) is 6.62. The lowest BCUT2D eigenvalue weighted by molar-refractivity contribution is -0.167. The van der Waals surface area contributed by atoms with Crippen molar-refractivity contribution in [1.29, 1.82) is 0 Å². The van der Waals surface area contributed by atoms with E-state index in [1.807, 2.05) is 0 Å². The molecule has 4 nitrogen and oxygen atoms in total. The molecule has 0 aromatic rings. The van der Waals surface area contributed by atoms with Crippen LogP contribution in [0.15, 0.2) is 0 Å². The van der Waals surface area contributed by atoms with Crippen molar-refractivity contribution in [3.63, 3.8) is 0 Å². The third-order valence-electron chi connectivity index (χ3n) is 0.549. The Kier molecular flexibility index (Phi) is 3.34. The van der Waals surface area contributed by atoms with Gasteiger partial charge in [-0.1, -0.05) is 0 Å². The summed E-state index contributed by atoms with van der Waals surface area (Å²) in [5.41, 5.74) is 0. The lowest BCUT2D eigenvalue weighted by Gasteiger charge is -2.15. The second-order valence-electron chi connectivity index (χ2n) is 1.41. The van der Waals surface area contributed by atoms with E-state index in [0.29, 0.717) is 0 Å². The van der Waals surface area contributed by atoms with Crippen LogP contribution < -0.4 is 0 Å². The van der Waals surface area contributed by atoms with E-state index in [2.05, 4.69) is 0 Å². The Morgan fingerprint density at radius 2 is 1.88 bits per heavy atom. The van der Waals surface area contributed by atoms with E-state index in [1.165, 1.54) is 0 Å². The fourth-order valence-corrected chi connectivity index (χ4v) is 0.447. The summed E-state index contributed by atoms with van der Waals surface area (Å²) in [5.74, 6) is -2.44. The molecule has 0 saturated carbocycles. The average molecular weight is 140 g/mol. The van der Waals surface area contributed by atoms with E-state index < -0.39 is 12.4 Å². The Morgan fingerprint density at radius 3 is 2.00 bits per heavy atom. The summed E-state index contributed by atoms with van der Waals surface area (Å²) < 4.78 is 8.02. The van der Waals surface area contributed by atoms with Gasteiger partial charge in [-0.25, -0.2) is 0 Å². The first-order valence-corrected chi connectivity index (χ1v) is 2.88. The Morgan fingerprint density at radius 1 is 1.38 bits per heavy atom. The first-order chi connectivity index (χ1) is 3.62. The van der Waals surface area contributed by atoms with Gasteiger partial charge >= 0.3 is 0 Å². The predicted octanol–water partition coefficient (Wildman–Crippen LogP) is -1.13. The van der Waals surface area contributed by atoms with E-state index in [9.17, 15) is 0 Å². The van der Waals surface area contributed by atoms with Crippen molar-refractivity contribution in [2.75, 3.05) is 12.4 Å². The molecule has 0 aliphatic rings. The summed E-state index contributed by atoms with van der Waals surface area (Å²) in [7, 11) is 0. The minimum absolute atomic E-state index is 0.273. The van der Waals surface area contributed by atoms with E-state index in [-0.39, 0.29) is 17.8 Å². The highest BCUT2D eigenvalue weighted by Gasteiger charge is 2.20. The van der Waals surface area contributed by atoms with Crippen LogP contribution >= 0.6 is 12.0 Å². The van der Waals surface area contributed by atoms with Crippen molar-refractivity contribution < 1.29 is 19.9 Å². The van der Waals surface area contributed by atoms with Crippen LogP contribution in [0.5, 0.6) is 0 Å². The van der Waals surface area contributed by atoms with Crippen molar-refractivity contribution >= 4 is 12.0 Å². The Hall–Kier alpha value is 0.190. The molecule has 50 valence electrons. The van der Waals surface area contributed by atoms with Crippen LogP contribution in [0.2, 0.25) is 0 Å². The third kappa shape index (κ3) is 3.23. The fourth-order valence-electron chi connectivity index (χ4n) is 0.149. The highest BCUT2D eigenvalue weighted by atomic mass is 32.2. The summed E-state index contributed by atoms with van der Waals surface area (Å²) in [6.07, 6.45) is 0. The standard InChI is InChI=1S/C3H8O4S/c4-1-3(5,6)2-8-7/h4-7H,1-2H2. The summed E-state index contributed by atoms with van der Waals surface area (Å²) in [4.78, 5) is 0. The van der Waals surface area contributed by atoms with Gasteiger partial charge in [0.15, 0.2) is 5.79 Å². The van der Waals surface area contributed by atoms with Crippen LogP contribution in [0.25, 0.3) is 0 Å². The molecule has 0 amide bonds. The number of aliphatic hydroxyl groups excluding tert-OH is 1. The Labute approximate surface area is 51.0 Å². The summed E-state index contributed by atoms with van der Waals surface area (Å²) >= 11 is 0.273. The molecule has 0 atom stereocenters. The van der Waals surface area contributed by atoms with E-state index in [1.54, 1.807) is 0 Å². The zero-order valence-corrected chi connectivity index (χ0v) is 4.93. The SMILES string of the molecule is OCC(O)(O)CSO. The molecule has 0 rings (SSSR count). The van der Waals surface area contributed by atoms with E-state index >= 15 is 0 Å². The van der Waals surface area contributed by atoms with Gasteiger partial charge < -0.3 is 19.9 Å². The second kappa shape index (κ2) is 3.26. The van der Waals surface area contributed by atoms with Gasteiger partial charge in [0.25, 0.3) is 0 Å². The number of rotatable bonds is 3. The van der Waals surface area contributed by atoms with Crippen LogP contribution in [-0.4, -0.2) is 38.0 Å². The number of hydrogen-bond donors (Lipinski definition) is 4. The molecule has 0 aromatic heterocycles. The van der Waals surface area contributed by atoms with Gasteiger partial charge in [-0.2, -0.15) is 0 Å². The molecule has 0 bridgehead atoms. The first kappa shape index (κ1) is 8.19. The fraction of sp³-hybridized carbons (Fsp3) is 1.00. The maximum absolute atomic E-state index is 8.45. The molecule has 0 aliphatic heterocycles. The normalized spacial score (nSPS) is 12.0. The van der Waals surface area contributed by atoms with Crippen LogP contribution in [0.4, 0.5) is 0 Å². The molecular formula is C3H8O4S. The van der Waals surface area contributed by atoms with Crippen molar-refractivity contribution in [1.82, 2.24) is 0 Å². The minimum Gasteiger partial charge on any atom is -0.391 e. The molecule has 0 saturated heterocycles. The summed E-state index contributed by atoms with van der Waals surface area (Å²) in [5, 5.41) is 25.0. The van der Waals surface area contributed by atoms with Crippen LogP contribution in [0, 0.1) is 0 Å². The number of hydrogen-bond acceptors (Lipinski definition) is 5. The quantitative estimate of drug-likeness (QED) is 0.294. The van der Waals surface area contributed by atoms with Crippen LogP contribution in [-0.2, 0) is 0 Å². The van der Waals surface area contributed by atoms with E-state index in [0.717, 1.165) is 0 Å². The largest absolute Gasteiger partial charge is 0.391 e.